The number of aliphatic carboxylic acids is 1. The first-order valence-corrected chi connectivity index (χ1v) is 7.18. The van der Waals surface area contributed by atoms with Gasteiger partial charge in [0.1, 0.15) is 0 Å². The van der Waals surface area contributed by atoms with Gasteiger partial charge in [0.05, 0.1) is 19.1 Å². The lowest BCUT2D eigenvalue weighted by molar-refractivity contribution is -0.136. The molecule has 1 aliphatic heterocycles. The largest absolute Gasteiger partial charge is 0.481 e. The minimum atomic E-state index is -0.806. The third kappa shape index (κ3) is 4.53. The monoisotopic (exact) mass is 282 g/mol. The predicted octanol–water partition coefficient (Wildman–Crippen LogP) is 2.56. The Hall–Kier alpha value is -1.04. The summed E-state index contributed by atoms with van der Waals surface area (Å²) < 4.78 is 11.2. The van der Waals surface area contributed by atoms with Gasteiger partial charge in [-0.15, -0.1) is 11.8 Å². The van der Waals surface area contributed by atoms with Gasteiger partial charge in [-0.05, 0) is 31.5 Å². The van der Waals surface area contributed by atoms with Crippen LogP contribution in [0.15, 0.2) is 29.2 Å². The fourth-order valence-electron chi connectivity index (χ4n) is 1.91. The molecule has 5 heteroatoms. The number of ether oxygens (including phenoxy) is 2. The van der Waals surface area contributed by atoms with E-state index in [9.17, 15) is 4.79 Å². The zero-order valence-electron chi connectivity index (χ0n) is 11.1. The van der Waals surface area contributed by atoms with Crippen molar-refractivity contribution in [1.82, 2.24) is 0 Å². The SMILES string of the molecule is CC1(C)OC[C@H](CSc2ccc(CC(=O)O)cc2)O1. The number of rotatable bonds is 5. The minimum Gasteiger partial charge on any atom is -0.481 e. The Morgan fingerprint density at radius 2 is 2.11 bits per heavy atom. The number of thioether (sulfide) groups is 1. The van der Waals surface area contributed by atoms with Crippen LogP contribution in [0.1, 0.15) is 19.4 Å². The maximum Gasteiger partial charge on any atom is 0.307 e. The van der Waals surface area contributed by atoms with Crippen molar-refractivity contribution in [1.29, 1.82) is 0 Å². The highest BCUT2D eigenvalue weighted by molar-refractivity contribution is 7.99. The minimum absolute atomic E-state index is 0.0682. The smallest absolute Gasteiger partial charge is 0.307 e. The first-order chi connectivity index (χ1) is 8.94. The Kier molecular flexibility index (Phi) is 4.50. The second kappa shape index (κ2) is 5.94. The van der Waals surface area contributed by atoms with Crippen molar-refractivity contribution in [3.05, 3.63) is 29.8 Å². The van der Waals surface area contributed by atoms with E-state index in [4.69, 9.17) is 14.6 Å². The summed E-state index contributed by atoms with van der Waals surface area (Å²) in [6.45, 7) is 4.45. The van der Waals surface area contributed by atoms with E-state index in [0.717, 1.165) is 16.2 Å². The average molecular weight is 282 g/mol. The quantitative estimate of drug-likeness (QED) is 0.841. The molecule has 0 spiro atoms. The molecule has 0 aromatic heterocycles. The summed E-state index contributed by atoms with van der Waals surface area (Å²) in [6, 6.07) is 7.60. The molecule has 2 rings (SSSR count). The lowest BCUT2D eigenvalue weighted by Crippen LogP contribution is -2.22. The van der Waals surface area contributed by atoms with E-state index in [1.54, 1.807) is 11.8 Å². The second-order valence-electron chi connectivity index (χ2n) is 4.98. The maximum atomic E-state index is 10.6. The molecule has 1 atom stereocenters. The van der Waals surface area contributed by atoms with Crippen molar-refractivity contribution < 1.29 is 19.4 Å². The van der Waals surface area contributed by atoms with E-state index in [1.807, 2.05) is 38.1 Å². The zero-order valence-corrected chi connectivity index (χ0v) is 11.9. The molecule has 104 valence electrons. The molecular weight excluding hydrogens is 264 g/mol. The number of carbonyl (C=O) groups is 1. The average Bonchev–Trinajstić information content (AvgIpc) is 2.67. The lowest BCUT2D eigenvalue weighted by atomic mass is 10.2. The van der Waals surface area contributed by atoms with Crippen LogP contribution in [0.4, 0.5) is 0 Å². The lowest BCUT2D eigenvalue weighted by Gasteiger charge is -2.16. The third-order valence-corrected chi connectivity index (χ3v) is 3.93. The maximum absolute atomic E-state index is 10.6. The van der Waals surface area contributed by atoms with Crippen molar-refractivity contribution in [2.45, 2.75) is 37.1 Å². The number of carboxylic acids is 1. The van der Waals surface area contributed by atoms with Gasteiger partial charge in [-0.25, -0.2) is 0 Å². The van der Waals surface area contributed by atoms with E-state index in [2.05, 4.69) is 0 Å². The van der Waals surface area contributed by atoms with Crippen LogP contribution >= 0.6 is 11.8 Å². The van der Waals surface area contributed by atoms with Crippen LogP contribution < -0.4 is 0 Å². The van der Waals surface area contributed by atoms with Crippen LogP contribution in [-0.4, -0.2) is 35.3 Å². The Balaban J connectivity index is 1.82. The summed E-state index contributed by atoms with van der Waals surface area (Å²) in [7, 11) is 0. The van der Waals surface area contributed by atoms with Gasteiger partial charge in [-0.2, -0.15) is 0 Å². The van der Waals surface area contributed by atoms with E-state index < -0.39 is 11.8 Å². The molecule has 19 heavy (non-hydrogen) atoms. The molecule has 0 unspecified atom stereocenters. The van der Waals surface area contributed by atoms with E-state index in [0.29, 0.717) is 6.61 Å². The highest BCUT2D eigenvalue weighted by Crippen LogP contribution is 2.27. The predicted molar refractivity (Wildman–Crippen MR) is 73.4 cm³/mol. The molecule has 0 saturated carbocycles. The third-order valence-electron chi connectivity index (χ3n) is 2.78. The van der Waals surface area contributed by atoms with E-state index >= 15 is 0 Å². The zero-order chi connectivity index (χ0) is 13.9. The molecule has 1 aromatic rings. The van der Waals surface area contributed by atoms with Gasteiger partial charge < -0.3 is 14.6 Å². The Bertz CT molecular complexity index is 441. The van der Waals surface area contributed by atoms with Crippen LogP contribution in [-0.2, 0) is 20.7 Å². The second-order valence-corrected chi connectivity index (χ2v) is 6.07. The molecule has 1 saturated heterocycles. The first-order valence-electron chi connectivity index (χ1n) is 6.20. The Morgan fingerprint density at radius 3 is 2.63 bits per heavy atom. The van der Waals surface area contributed by atoms with Crippen LogP contribution in [0.5, 0.6) is 0 Å². The van der Waals surface area contributed by atoms with Crippen LogP contribution in [0.2, 0.25) is 0 Å². The van der Waals surface area contributed by atoms with Crippen molar-refractivity contribution in [2.75, 3.05) is 12.4 Å². The van der Waals surface area contributed by atoms with Gasteiger partial charge in [0.15, 0.2) is 5.79 Å². The standard InChI is InChI=1S/C14H18O4S/c1-14(2)17-8-11(18-14)9-19-12-5-3-10(4-6-12)7-13(15)16/h3-6,11H,7-9H2,1-2H3,(H,15,16)/t11-/m1/s1. The molecule has 1 N–H and O–H groups in total. The first kappa shape index (κ1) is 14.4. The summed E-state index contributed by atoms with van der Waals surface area (Å²) in [5, 5.41) is 8.70. The van der Waals surface area contributed by atoms with Crippen molar-refractivity contribution in [3.8, 4) is 0 Å². The number of hydrogen-bond donors (Lipinski definition) is 1. The summed E-state index contributed by atoms with van der Waals surface area (Å²) in [6.07, 6.45) is 0.178. The number of hydrogen-bond acceptors (Lipinski definition) is 4. The fraction of sp³-hybridized carbons (Fsp3) is 0.500. The molecule has 1 aromatic carbocycles. The van der Waals surface area contributed by atoms with Gasteiger partial charge in [0, 0.05) is 10.6 Å². The van der Waals surface area contributed by atoms with Crippen molar-refractivity contribution in [2.24, 2.45) is 0 Å². The van der Waals surface area contributed by atoms with Gasteiger partial charge in [-0.1, -0.05) is 12.1 Å². The normalized spacial score (nSPS) is 21.5. The van der Waals surface area contributed by atoms with E-state index in [1.165, 1.54) is 0 Å². The van der Waals surface area contributed by atoms with Gasteiger partial charge in [-0.3, -0.25) is 4.79 Å². The topological polar surface area (TPSA) is 55.8 Å². The van der Waals surface area contributed by atoms with E-state index in [-0.39, 0.29) is 12.5 Å². The molecule has 1 fully saturated rings. The summed E-state index contributed by atoms with van der Waals surface area (Å²) >= 11 is 1.69. The highest BCUT2D eigenvalue weighted by Gasteiger charge is 2.32. The number of carboxylic acid groups (broad SMARTS) is 1. The summed E-state index contributed by atoms with van der Waals surface area (Å²) in [4.78, 5) is 11.7. The molecule has 1 aliphatic rings. The molecule has 0 amide bonds. The van der Waals surface area contributed by atoms with Crippen LogP contribution in [0.3, 0.4) is 0 Å². The van der Waals surface area contributed by atoms with Gasteiger partial charge in [0.25, 0.3) is 0 Å². The molecule has 0 bridgehead atoms. The van der Waals surface area contributed by atoms with Crippen molar-refractivity contribution in [3.63, 3.8) is 0 Å². The van der Waals surface area contributed by atoms with Crippen LogP contribution in [0.25, 0.3) is 0 Å². The van der Waals surface area contributed by atoms with Crippen molar-refractivity contribution >= 4 is 17.7 Å². The van der Waals surface area contributed by atoms with Crippen LogP contribution in [0, 0.1) is 0 Å². The Morgan fingerprint density at radius 1 is 1.42 bits per heavy atom. The molecule has 0 radical (unpaired) electrons. The fourth-order valence-corrected chi connectivity index (χ4v) is 2.78. The van der Waals surface area contributed by atoms with Gasteiger partial charge >= 0.3 is 5.97 Å². The van der Waals surface area contributed by atoms with Gasteiger partial charge in [0.2, 0.25) is 0 Å². The molecule has 1 heterocycles. The molecule has 4 nitrogen and oxygen atoms in total. The molecule has 0 aliphatic carbocycles. The number of benzene rings is 1. The summed E-state index contributed by atoms with van der Waals surface area (Å²) in [5.41, 5.74) is 0.818. The highest BCUT2D eigenvalue weighted by atomic mass is 32.2. The summed E-state index contributed by atoms with van der Waals surface area (Å²) in [5.74, 6) is -0.447. The Labute approximate surface area is 117 Å². The molecular formula is C14H18O4S.